The Morgan fingerprint density at radius 3 is 2.80 bits per heavy atom. The van der Waals surface area contributed by atoms with E-state index in [1.54, 1.807) is 11.9 Å². The number of aliphatic hydroxyl groups excluding tert-OH is 1. The summed E-state index contributed by atoms with van der Waals surface area (Å²) in [4.78, 5) is 13.9. The second-order valence-corrected chi connectivity index (χ2v) is 5.89. The molecule has 0 aromatic heterocycles. The number of nitrogens with one attached hydrogen (secondary N) is 1. The van der Waals surface area contributed by atoms with E-state index in [-0.39, 0.29) is 18.1 Å². The lowest BCUT2D eigenvalue weighted by atomic mass is 10.1. The Hall–Kier alpha value is -1.55. The summed E-state index contributed by atoms with van der Waals surface area (Å²) in [7, 11) is 1.78. The number of benzene rings is 1. The van der Waals surface area contributed by atoms with Gasteiger partial charge >= 0.3 is 6.03 Å². The van der Waals surface area contributed by atoms with E-state index in [0.717, 1.165) is 36.1 Å². The molecule has 1 aromatic rings. The Morgan fingerprint density at radius 2 is 2.15 bits per heavy atom. The molecule has 1 aliphatic rings. The van der Waals surface area contributed by atoms with E-state index < -0.39 is 0 Å². The van der Waals surface area contributed by atoms with Crippen LogP contribution >= 0.6 is 0 Å². The lowest BCUT2D eigenvalue weighted by Gasteiger charge is -2.24. The molecule has 0 heterocycles. The zero-order valence-corrected chi connectivity index (χ0v) is 12.5. The van der Waals surface area contributed by atoms with Crippen LogP contribution in [0.4, 0.5) is 10.5 Å². The number of aryl methyl sites for hydroxylation is 2. The fourth-order valence-corrected chi connectivity index (χ4v) is 2.75. The average molecular weight is 276 g/mol. The molecule has 0 aliphatic heterocycles. The molecule has 1 aromatic carbocycles. The third-order valence-electron chi connectivity index (χ3n) is 4.11. The van der Waals surface area contributed by atoms with Gasteiger partial charge in [0.15, 0.2) is 0 Å². The smallest absolute Gasteiger partial charge is 0.321 e. The van der Waals surface area contributed by atoms with Crippen LogP contribution in [0, 0.1) is 19.8 Å². The zero-order valence-electron chi connectivity index (χ0n) is 12.5. The maximum Gasteiger partial charge on any atom is 0.321 e. The van der Waals surface area contributed by atoms with Gasteiger partial charge in [-0.1, -0.05) is 18.6 Å². The van der Waals surface area contributed by atoms with E-state index in [0.29, 0.717) is 6.54 Å². The molecule has 4 heteroatoms. The SMILES string of the molecule is Cc1ccc(C)c(NC(=O)N(C)CC2CCCC2O)c1. The van der Waals surface area contributed by atoms with Gasteiger partial charge in [-0.25, -0.2) is 4.79 Å². The van der Waals surface area contributed by atoms with Crippen molar-refractivity contribution in [2.45, 2.75) is 39.2 Å². The summed E-state index contributed by atoms with van der Waals surface area (Å²) < 4.78 is 0. The quantitative estimate of drug-likeness (QED) is 0.892. The molecular weight excluding hydrogens is 252 g/mol. The van der Waals surface area contributed by atoms with Crippen molar-refractivity contribution < 1.29 is 9.90 Å². The molecule has 1 fully saturated rings. The first-order valence-electron chi connectivity index (χ1n) is 7.25. The van der Waals surface area contributed by atoms with Crippen LogP contribution in [0.25, 0.3) is 0 Å². The van der Waals surface area contributed by atoms with Crippen molar-refractivity contribution >= 4 is 11.7 Å². The largest absolute Gasteiger partial charge is 0.393 e. The van der Waals surface area contributed by atoms with Crippen LogP contribution in [0.3, 0.4) is 0 Å². The van der Waals surface area contributed by atoms with Gasteiger partial charge < -0.3 is 15.3 Å². The van der Waals surface area contributed by atoms with Crippen molar-refractivity contribution in [3.8, 4) is 0 Å². The third kappa shape index (κ3) is 3.51. The third-order valence-corrected chi connectivity index (χ3v) is 4.11. The molecule has 1 aliphatic carbocycles. The highest BCUT2D eigenvalue weighted by Crippen LogP contribution is 2.26. The van der Waals surface area contributed by atoms with Crippen LogP contribution < -0.4 is 5.32 Å². The summed E-state index contributed by atoms with van der Waals surface area (Å²) in [6.45, 7) is 4.60. The van der Waals surface area contributed by atoms with E-state index in [1.807, 2.05) is 32.0 Å². The summed E-state index contributed by atoms with van der Waals surface area (Å²) in [5.74, 6) is 0.212. The minimum absolute atomic E-state index is 0.113. The number of amides is 2. The van der Waals surface area contributed by atoms with Gasteiger partial charge in [-0.2, -0.15) is 0 Å². The highest BCUT2D eigenvalue weighted by Gasteiger charge is 2.27. The number of aliphatic hydroxyl groups is 1. The number of rotatable bonds is 3. The van der Waals surface area contributed by atoms with Crippen LogP contribution in [-0.2, 0) is 0 Å². The summed E-state index contributed by atoms with van der Waals surface area (Å²) in [5, 5.41) is 12.8. The molecule has 20 heavy (non-hydrogen) atoms. The van der Waals surface area contributed by atoms with Gasteiger partial charge in [-0.05, 0) is 43.9 Å². The number of anilines is 1. The van der Waals surface area contributed by atoms with Gasteiger partial charge in [-0.15, -0.1) is 0 Å². The van der Waals surface area contributed by atoms with Gasteiger partial charge in [0.25, 0.3) is 0 Å². The van der Waals surface area contributed by atoms with E-state index in [4.69, 9.17) is 0 Å². The highest BCUT2D eigenvalue weighted by atomic mass is 16.3. The Kier molecular flexibility index (Phi) is 4.65. The first-order chi connectivity index (χ1) is 9.47. The second-order valence-electron chi connectivity index (χ2n) is 5.89. The van der Waals surface area contributed by atoms with E-state index in [1.165, 1.54) is 0 Å². The topological polar surface area (TPSA) is 52.6 Å². The number of carbonyl (C=O) groups excluding carboxylic acids is 1. The number of nitrogens with zero attached hydrogens (tertiary/aromatic N) is 1. The van der Waals surface area contributed by atoms with Gasteiger partial charge in [-0.3, -0.25) is 0 Å². The summed E-state index contributed by atoms with van der Waals surface area (Å²) in [5.41, 5.74) is 3.03. The van der Waals surface area contributed by atoms with Crippen molar-refractivity contribution in [1.82, 2.24) is 4.90 Å². The second kappa shape index (κ2) is 6.27. The van der Waals surface area contributed by atoms with Crippen molar-refractivity contribution in [3.05, 3.63) is 29.3 Å². The Morgan fingerprint density at radius 1 is 1.40 bits per heavy atom. The summed E-state index contributed by atoms with van der Waals surface area (Å²) >= 11 is 0. The molecule has 110 valence electrons. The minimum atomic E-state index is -0.258. The molecule has 2 unspecified atom stereocenters. The lowest BCUT2D eigenvalue weighted by molar-refractivity contribution is 0.116. The van der Waals surface area contributed by atoms with Gasteiger partial charge in [0.2, 0.25) is 0 Å². The molecule has 0 bridgehead atoms. The molecular formula is C16H24N2O2. The van der Waals surface area contributed by atoms with E-state index >= 15 is 0 Å². The normalized spacial score (nSPS) is 21.8. The number of urea groups is 1. The Bertz CT molecular complexity index is 487. The van der Waals surface area contributed by atoms with E-state index in [2.05, 4.69) is 5.32 Å². The first-order valence-corrected chi connectivity index (χ1v) is 7.25. The van der Waals surface area contributed by atoms with Crippen molar-refractivity contribution in [2.75, 3.05) is 18.9 Å². The first kappa shape index (κ1) is 14.9. The van der Waals surface area contributed by atoms with Gasteiger partial charge in [0.05, 0.1) is 6.10 Å². The zero-order chi connectivity index (χ0) is 14.7. The van der Waals surface area contributed by atoms with Gasteiger partial charge in [0, 0.05) is 25.2 Å². The average Bonchev–Trinajstić information content (AvgIpc) is 2.79. The molecule has 4 nitrogen and oxygen atoms in total. The number of hydrogen-bond donors (Lipinski definition) is 2. The molecule has 0 spiro atoms. The van der Waals surface area contributed by atoms with Crippen molar-refractivity contribution in [3.63, 3.8) is 0 Å². The van der Waals surface area contributed by atoms with Crippen molar-refractivity contribution in [1.29, 1.82) is 0 Å². The number of carbonyl (C=O) groups is 1. The van der Waals surface area contributed by atoms with Crippen LogP contribution in [0.2, 0.25) is 0 Å². The Labute approximate surface area is 120 Å². The molecule has 2 atom stereocenters. The molecule has 0 saturated heterocycles. The predicted molar refractivity (Wildman–Crippen MR) is 80.9 cm³/mol. The minimum Gasteiger partial charge on any atom is -0.393 e. The van der Waals surface area contributed by atoms with Crippen LogP contribution in [0.1, 0.15) is 30.4 Å². The fourth-order valence-electron chi connectivity index (χ4n) is 2.75. The lowest BCUT2D eigenvalue weighted by Crippen LogP contribution is -2.37. The summed E-state index contributed by atoms with van der Waals surface area (Å²) in [6.07, 6.45) is 2.66. The molecule has 2 N–H and O–H groups in total. The molecule has 2 amide bonds. The van der Waals surface area contributed by atoms with Crippen molar-refractivity contribution in [2.24, 2.45) is 5.92 Å². The standard InChI is InChI=1S/C16H24N2O2/c1-11-7-8-12(2)14(9-11)17-16(20)18(3)10-13-5-4-6-15(13)19/h7-9,13,15,19H,4-6,10H2,1-3H3,(H,17,20). The molecule has 2 rings (SSSR count). The van der Waals surface area contributed by atoms with Crippen LogP contribution in [-0.4, -0.2) is 35.7 Å². The monoisotopic (exact) mass is 276 g/mol. The van der Waals surface area contributed by atoms with Crippen LogP contribution in [0.15, 0.2) is 18.2 Å². The van der Waals surface area contributed by atoms with E-state index in [9.17, 15) is 9.90 Å². The van der Waals surface area contributed by atoms with Crippen LogP contribution in [0.5, 0.6) is 0 Å². The highest BCUT2D eigenvalue weighted by molar-refractivity contribution is 5.90. The number of hydrogen-bond acceptors (Lipinski definition) is 2. The molecule has 0 radical (unpaired) electrons. The fraction of sp³-hybridized carbons (Fsp3) is 0.562. The maximum absolute atomic E-state index is 12.2. The maximum atomic E-state index is 12.2. The Balaban J connectivity index is 1.95. The predicted octanol–water partition coefficient (Wildman–Crippen LogP) is 2.93. The molecule has 1 saturated carbocycles. The summed E-state index contributed by atoms with van der Waals surface area (Å²) in [6, 6.07) is 5.90. The van der Waals surface area contributed by atoms with Gasteiger partial charge in [0.1, 0.15) is 0 Å².